The number of nitrogens with one attached hydrogen (secondary N) is 1. The Kier molecular flexibility index (Phi) is 6.29. The smallest absolute Gasteiger partial charge is 0.273 e. The minimum absolute atomic E-state index is 0. The van der Waals surface area contributed by atoms with E-state index in [0.29, 0.717) is 11.7 Å². The number of carbonyl (C=O) groups is 1. The van der Waals surface area contributed by atoms with Crippen LogP contribution < -0.4 is 5.32 Å². The van der Waals surface area contributed by atoms with E-state index < -0.39 is 0 Å². The molecule has 4 rings (SSSR count). The molecular weight excluding hydrogens is 368 g/mol. The van der Waals surface area contributed by atoms with E-state index in [2.05, 4.69) is 34.3 Å². The van der Waals surface area contributed by atoms with E-state index in [0.717, 1.165) is 56.3 Å². The van der Waals surface area contributed by atoms with Crippen molar-refractivity contribution in [1.82, 2.24) is 20.1 Å². The van der Waals surface area contributed by atoms with Gasteiger partial charge < -0.3 is 10.2 Å². The van der Waals surface area contributed by atoms with Crippen LogP contribution in [-0.4, -0.2) is 66.0 Å². The number of benzene rings is 1. The maximum Gasteiger partial charge on any atom is 0.273 e. The lowest BCUT2D eigenvalue weighted by Crippen LogP contribution is -2.49. The number of aryl methyl sites for hydroxylation is 1. The molecule has 7 heteroatoms. The summed E-state index contributed by atoms with van der Waals surface area (Å²) in [5.74, 6) is 0.0775. The van der Waals surface area contributed by atoms with Gasteiger partial charge in [0.1, 0.15) is 10.7 Å². The molecule has 3 heterocycles. The Morgan fingerprint density at radius 3 is 2.77 bits per heavy atom. The molecule has 0 radical (unpaired) electrons. The highest BCUT2D eigenvalue weighted by molar-refractivity contribution is 7.13. The molecule has 1 aromatic heterocycles. The zero-order chi connectivity index (χ0) is 17.2. The van der Waals surface area contributed by atoms with Gasteiger partial charge in [-0.15, -0.1) is 23.7 Å². The Morgan fingerprint density at radius 1 is 1.23 bits per heavy atom. The van der Waals surface area contributed by atoms with Crippen molar-refractivity contribution in [2.45, 2.75) is 19.4 Å². The van der Waals surface area contributed by atoms with Crippen LogP contribution in [0.2, 0.25) is 0 Å². The highest BCUT2D eigenvalue weighted by Gasteiger charge is 2.32. The summed E-state index contributed by atoms with van der Waals surface area (Å²) in [6.45, 7) is 8.02. The van der Waals surface area contributed by atoms with Crippen LogP contribution in [0.4, 0.5) is 0 Å². The molecule has 5 nitrogen and oxygen atoms in total. The first-order chi connectivity index (χ1) is 12.2. The number of halogens is 1. The van der Waals surface area contributed by atoms with E-state index in [9.17, 15) is 4.79 Å². The molecule has 2 aliphatic rings. The largest absolute Gasteiger partial charge is 0.336 e. The van der Waals surface area contributed by atoms with E-state index in [1.165, 1.54) is 5.56 Å². The van der Waals surface area contributed by atoms with Crippen molar-refractivity contribution in [1.29, 1.82) is 0 Å². The minimum Gasteiger partial charge on any atom is -0.336 e. The molecule has 1 aromatic carbocycles. The summed E-state index contributed by atoms with van der Waals surface area (Å²) in [6, 6.07) is 8.69. The molecule has 2 aromatic rings. The highest BCUT2D eigenvalue weighted by atomic mass is 35.5. The van der Waals surface area contributed by atoms with Gasteiger partial charge in [-0.05, 0) is 18.9 Å². The second-order valence-electron chi connectivity index (χ2n) is 6.83. The van der Waals surface area contributed by atoms with Crippen molar-refractivity contribution in [3.63, 3.8) is 0 Å². The van der Waals surface area contributed by atoms with E-state index >= 15 is 0 Å². The molecule has 2 fully saturated rings. The van der Waals surface area contributed by atoms with Crippen LogP contribution in [0, 0.1) is 6.92 Å². The van der Waals surface area contributed by atoms with E-state index in [4.69, 9.17) is 0 Å². The second kappa shape index (κ2) is 8.48. The third kappa shape index (κ3) is 3.93. The fourth-order valence-corrected chi connectivity index (χ4v) is 4.63. The average molecular weight is 393 g/mol. The molecule has 2 saturated heterocycles. The molecule has 0 aliphatic carbocycles. The van der Waals surface area contributed by atoms with Gasteiger partial charge in [0.05, 0.1) is 0 Å². The molecular formula is C19H25ClN4OS. The number of amides is 1. The Bertz CT molecular complexity index is 760. The predicted molar refractivity (Wildman–Crippen MR) is 108 cm³/mol. The summed E-state index contributed by atoms with van der Waals surface area (Å²) < 4.78 is 0. The predicted octanol–water partition coefficient (Wildman–Crippen LogP) is 2.66. The lowest BCUT2D eigenvalue weighted by molar-refractivity contribution is 0.0768. The third-order valence-electron chi connectivity index (χ3n) is 5.22. The average Bonchev–Trinajstić information content (AvgIpc) is 3.32. The van der Waals surface area contributed by atoms with Gasteiger partial charge in [0.25, 0.3) is 5.91 Å². The topological polar surface area (TPSA) is 48.5 Å². The fourth-order valence-electron chi connectivity index (χ4n) is 3.74. The van der Waals surface area contributed by atoms with E-state index in [1.54, 1.807) is 11.3 Å². The summed E-state index contributed by atoms with van der Waals surface area (Å²) in [6.07, 6.45) is 1.07. The molecule has 1 amide bonds. The quantitative estimate of drug-likeness (QED) is 0.872. The van der Waals surface area contributed by atoms with Gasteiger partial charge in [0, 0.05) is 56.3 Å². The molecule has 0 spiro atoms. The van der Waals surface area contributed by atoms with E-state index in [-0.39, 0.29) is 18.3 Å². The van der Waals surface area contributed by atoms with Crippen molar-refractivity contribution in [2.24, 2.45) is 0 Å². The number of hydrogen-bond acceptors (Lipinski definition) is 5. The first kappa shape index (κ1) is 19.3. The standard InChI is InChI=1S/C19H24N4OS.ClH/c1-14-4-2-3-5-16(14)18-21-17(13-25-18)19(24)23-9-6-15(12-23)22-10-7-20-8-11-22;/h2-5,13,15,20H,6-12H2,1H3;1H. The first-order valence-corrected chi connectivity index (χ1v) is 9.86. The number of carbonyl (C=O) groups excluding carboxylic acids is 1. The summed E-state index contributed by atoms with van der Waals surface area (Å²) in [5.41, 5.74) is 2.90. The number of piperazine rings is 1. The Hall–Kier alpha value is -1.47. The van der Waals surface area contributed by atoms with Crippen LogP contribution in [-0.2, 0) is 0 Å². The van der Waals surface area contributed by atoms with Crippen LogP contribution in [0.5, 0.6) is 0 Å². The Morgan fingerprint density at radius 2 is 2.00 bits per heavy atom. The van der Waals surface area contributed by atoms with Gasteiger partial charge in [-0.3, -0.25) is 9.69 Å². The third-order valence-corrected chi connectivity index (χ3v) is 6.09. The highest BCUT2D eigenvalue weighted by Crippen LogP contribution is 2.27. The molecule has 0 saturated carbocycles. The van der Waals surface area contributed by atoms with Crippen molar-refractivity contribution in [3.8, 4) is 10.6 Å². The SMILES string of the molecule is Cc1ccccc1-c1nc(C(=O)N2CCC(N3CCNCC3)C2)cs1.Cl. The molecule has 1 atom stereocenters. The van der Waals surface area contributed by atoms with Crippen molar-refractivity contribution < 1.29 is 4.79 Å². The van der Waals surface area contributed by atoms with Gasteiger partial charge in [0.15, 0.2) is 0 Å². The number of nitrogens with zero attached hydrogens (tertiary/aromatic N) is 3. The normalized spacial score (nSPS) is 20.8. The number of thiazole rings is 1. The molecule has 1 unspecified atom stereocenters. The molecule has 0 bridgehead atoms. The van der Waals surface area contributed by atoms with Crippen LogP contribution in [0.1, 0.15) is 22.5 Å². The lowest BCUT2D eigenvalue weighted by atomic mass is 10.1. The van der Waals surface area contributed by atoms with Crippen molar-refractivity contribution >= 4 is 29.7 Å². The number of rotatable bonds is 3. The maximum absolute atomic E-state index is 12.8. The molecule has 2 aliphatic heterocycles. The number of likely N-dealkylation sites (tertiary alicyclic amines) is 1. The van der Waals surface area contributed by atoms with E-state index in [1.807, 2.05) is 22.4 Å². The Labute approximate surface area is 164 Å². The van der Waals surface area contributed by atoms with Gasteiger partial charge in [-0.25, -0.2) is 4.98 Å². The fraction of sp³-hybridized carbons (Fsp3) is 0.474. The zero-order valence-corrected chi connectivity index (χ0v) is 16.6. The summed E-state index contributed by atoms with van der Waals surface area (Å²) in [4.78, 5) is 22.0. The van der Waals surface area contributed by atoms with Gasteiger partial charge in [-0.2, -0.15) is 0 Å². The summed E-state index contributed by atoms with van der Waals surface area (Å²) in [5, 5.41) is 6.22. The van der Waals surface area contributed by atoms with Crippen LogP contribution in [0.25, 0.3) is 10.6 Å². The number of aromatic nitrogens is 1. The van der Waals surface area contributed by atoms with Crippen LogP contribution >= 0.6 is 23.7 Å². The first-order valence-electron chi connectivity index (χ1n) is 8.98. The number of hydrogen-bond donors (Lipinski definition) is 1. The van der Waals surface area contributed by atoms with Gasteiger partial charge >= 0.3 is 0 Å². The lowest BCUT2D eigenvalue weighted by Gasteiger charge is -2.32. The summed E-state index contributed by atoms with van der Waals surface area (Å²) >= 11 is 1.56. The van der Waals surface area contributed by atoms with Crippen LogP contribution in [0.15, 0.2) is 29.6 Å². The van der Waals surface area contributed by atoms with Crippen molar-refractivity contribution in [3.05, 3.63) is 40.9 Å². The maximum atomic E-state index is 12.8. The second-order valence-corrected chi connectivity index (χ2v) is 7.69. The molecule has 140 valence electrons. The van der Waals surface area contributed by atoms with Crippen LogP contribution in [0.3, 0.4) is 0 Å². The molecule has 1 N–H and O–H groups in total. The Balaban J connectivity index is 0.00000196. The zero-order valence-electron chi connectivity index (χ0n) is 15.0. The molecule has 26 heavy (non-hydrogen) atoms. The van der Waals surface area contributed by atoms with Gasteiger partial charge in [-0.1, -0.05) is 24.3 Å². The summed E-state index contributed by atoms with van der Waals surface area (Å²) in [7, 11) is 0. The minimum atomic E-state index is 0. The van der Waals surface area contributed by atoms with Crippen molar-refractivity contribution in [2.75, 3.05) is 39.3 Å². The van der Waals surface area contributed by atoms with Gasteiger partial charge in [0.2, 0.25) is 0 Å². The monoisotopic (exact) mass is 392 g/mol.